The van der Waals surface area contributed by atoms with E-state index >= 15 is 0 Å². The molecule has 0 spiro atoms. The normalized spacial score (nSPS) is 12.3. The van der Waals surface area contributed by atoms with Crippen molar-refractivity contribution in [1.29, 1.82) is 0 Å². The molecular formula is C26H42Cl2N2O4S. The summed E-state index contributed by atoms with van der Waals surface area (Å²) in [6, 6.07) is 4.40. The summed E-state index contributed by atoms with van der Waals surface area (Å²) in [6.07, 6.45) is 16.9. The van der Waals surface area contributed by atoms with Crippen molar-refractivity contribution in [2.45, 2.75) is 109 Å². The average Bonchev–Trinajstić information content (AvgIpc) is 2.80. The number of carbonyl (C=O) groups excluding carboxylic acids is 2. The Bertz CT molecular complexity index is 878. The van der Waals surface area contributed by atoms with Gasteiger partial charge in [0.2, 0.25) is 15.9 Å². The van der Waals surface area contributed by atoms with Gasteiger partial charge in [-0.3, -0.25) is 14.3 Å². The van der Waals surface area contributed by atoms with E-state index in [-0.39, 0.29) is 22.2 Å². The van der Waals surface area contributed by atoms with Gasteiger partial charge in [0.25, 0.3) is 0 Å². The van der Waals surface area contributed by atoms with Crippen LogP contribution in [-0.4, -0.2) is 31.2 Å². The minimum Gasteiger partial charge on any atom is -0.323 e. The minimum absolute atomic E-state index is 0.0312. The Hall–Kier alpha value is -1.31. The first-order chi connectivity index (χ1) is 16.7. The van der Waals surface area contributed by atoms with E-state index in [1.807, 2.05) is 0 Å². The monoisotopic (exact) mass is 548 g/mol. The molecule has 0 bridgehead atoms. The number of halogens is 2. The van der Waals surface area contributed by atoms with Crippen molar-refractivity contribution in [2.75, 3.05) is 15.8 Å². The molecule has 6 nitrogen and oxygen atoms in total. The number of sulfonamides is 1. The first-order valence-corrected chi connectivity index (χ1v) is 15.4. The molecule has 0 saturated carbocycles. The standard InChI is InChI=1S/C26H42Cl2N2O4S/c1-3-4-5-6-7-8-9-10-11-12-13-14-15-16-19-35(33,34)30-22-17-18-23(27)24(20-22)29-26(32)25(28)21(2)31/h17-18,20,25,30H,3-16,19H2,1-2H3,(H,29,32). The first kappa shape index (κ1) is 31.7. The van der Waals surface area contributed by atoms with Gasteiger partial charge in [0.15, 0.2) is 11.2 Å². The lowest BCUT2D eigenvalue weighted by atomic mass is 10.0. The van der Waals surface area contributed by atoms with Crippen LogP contribution in [0.1, 0.15) is 104 Å². The number of hydrogen-bond acceptors (Lipinski definition) is 4. The lowest BCUT2D eigenvalue weighted by molar-refractivity contribution is -0.123. The van der Waals surface area contributed by atoms with E-state index in [2.05, 4.69) is 17.0 Å². The third-order valence-corrected chi connectivity index (χ3v) is 8.06. The second-order valence-electron chi connectivity index (χ2n) is 9.17. The number of anilines is 2. The minimum atomic E-state index is -3.52. The first-order valence-electron chi connectivity index (χ1n) is 12.9. The highest BCUT2D eigenvalue weighted by atomic mass is 35.5. The third-order valence-electron chi connectivity index (χ3n) is 5.85. The number of rotatable bonds is 20. The second-order valence-corrected chi connectivity index (χ2v) is 11.9. The molecule has 0 heterocycles. The van der Waals surface area contributed by atoms with Crippen LogP contribution < -0.4 is 10.0 Å². The fourth-order valence-electron chi connectivity index (χ4n) is 3.78. The maximum absolute atomic E-state index is 12.4. The molecule has 35 heavy (non-hydrogen) atoms. The van der Waals surface area contributed by atoms with E-state index in [4.69, 9.17) is 23.2 Å². The number of Topliss-reactive ketones (excluding diaryl/α,β-unsaturated/α-hetero) is 1. The van der Waals surface area contributed by atoms with Crippen molar-refractivity contribution in [3.63, 3.8) is 0 Å². The van der Waals surface area contributed by atoms with Crippen LogP contribution >= 0.6 is 23.2 Å². The number of benzene rings is 1. The van der Waals surface area contributed by atoms with Gasteiger partial charge < -0.3 is 5.32 Å². The van der Waals surface area contributed by atoms with E-state index in [0.717, 1.165) is 19.3 Å². The third kappa shape index (κ3) is 14.7. The van der Waals surface area contributed by atoms with Gasteiger partial charge >= 0.3 is 0 Å². The fourth-order valence-corrected chi connectivity index (χ4v) is 5.17. The highest BCUT2D eigenvalue weighted by molar-refractivity contribution is 7.92. The van der Waals surface area contributed by atoms with E-state index in [1.54, 1.807) is 0 Å². The molecule has 2 N–H and O–H groups in total. The summed E-state index contributed by atoms with van der Waals surface area (Å²) >= 11 is 11.8. The largest absolute Gasteiger partial charge is 0.323 e. The molecule has 1 aromatic rings. The van der Waals surface area contributed by atoms with Gasteiger partial charge in [-0.2, -0.15) is 0 Å². The Labute approximate surface area is 222 Å². The fraction of sp³-hybridized carbons (Fsp3) is 0.692. The number of ketones is 1. The molecule has 1 unspecified atom stereocenters. The summed E-state index contributed by atoms with van der Waals surface area (Å²) < 4.78 is 27.4. The Morgan fingerprint density at radius 2 is 1.34 bits per heavy atom. The molecule has 0 aliphatic carbocycles. The Morgan fingerprint density at radius 3 is 1.83 bits per heavy atom. The van der Waals surface area contributed by atoms with E-state index in [1.165, 1.54) is 89.3 Å². The molecule has 1 rings (SSSR count). The average molecular weight is 550 g/mol. The molecule has 1 atom stereocenters. The molecular weight excluding hydrogens is 507 g/mol. The Kier molecular flexibility index (Phi) is 16.3. The lowest BCUT2D eigenvalue weighted by Gasteiger charge is -2.13. The Morgan fingerprint density at radius 1 is 0.857 bits per heavy atom. The number of unbranched alkanes of at least 4 members (excludes halogenated alkanes) is 13. The van der Waals surface area contributed by atoms with Gasteiger partial charge in [-0.05, 0) is 31.5 Å². The summed E-state index contributed by atoms with van der Waals surface area (Å²) in [5.74, 6) is -1.18. The molecule has 0 radical (unpaired) electrons. The number of amides is 1. The molecule has 0 aliphatic rings. The molecule has 200 valence electrons. The topological polar surface area (TPSA) is 92.3 Å². The highest BCUT2D eigenvalue weighted by Crippen LogP contribution is 2.27. The summed E-state index contributed by atoms with van der Waals surface area (Å²) in [6.45, 7) is 3.45. The highest BCUT2D eigenvalue weighted by Gasteiger charge is 2.21. The van der Waals surface area contributed by atoms with Crippen molar-refractivity contribution < 1.29 is 18.0 Å². The number of alkyl halides is 1. The van der Waals surface area contributed by atoms with Crippen LogP contribution in [0.2, 0.25) is 5.02 Å². The summed E-state index contributed by atoms with van der Waals surface area (Å²) in [7, 11) is -3.52. The van der Waals surface area contributed by atoms with Crippen LogP contribution in [0.3, 0.4) is 0 Å². The smallest absolute Gasteiger partial charge is 0.250 e. The van der Waals surface area contributed by atoms with Gasteiger partial charge in [0, 0.05) is 0 Å². The SMILES string of the molecule is CCCCCCCCCCCCCCCCS(=O)(=O)Nc1ccc(Cl)c(NC(=O)C(Cl)C(C)=O)c1. The maximum Gasteiger partial charge on any atom is 0.250 e. The molecule has 0 aromatic heterocycles. The quantitative estimate of drug-likeness (QED) is 0.0990. The van der Waals surface area contributed by atoms with Crippen LogP contribution in [0.25, 0.3) is 0 Å². The van der Waals surface area contributed by atoms with Crippen LogP contribution in [0.5, 0.6) is 0 Å². The van der Waals surface area contributed by atoms with Crippen molar-refractivity contribution >= 4 is 56.3 Å². The molecule has 1 amide bonds. The zero-order chi connectivity index (χ0) is 26.1. The van der Waals surface area contributed by atoms with Crippen molar-refractivity contribution in [1.82, 2.24) is 0 Å². The Balaban J connectivity index is 2.25. The predicted octanol–water partition coefficient (Wildman–Crippen LogP) is 7.70. The lowest BCUT2D eigenvalue weighted by Crippen LogP contribution is -2.29. The molecule has 9 heteroatoms. The van der Waals surface area contributed by atoms with E-state index in [0.29, 0.717) is 6.42 Å². The number of nitrogens with one attached hydrogen (secondary N) is 2. The second kappa shape index (κ2) is 18.0. The summed E-state index contributed by atoms with van der Waals surface area (Å²) in [4.78, 5) is 23.3. The van der Waals surface area contributed by atoms with Gasteiger partial charge in [-0.25, -0.2) is 8.42 Å². The van der Waals surface area contributed by atoms with Gasteiger partial charge in [-0.1, -0.05) is 102 Å². The van der Waals surface area contributed by atoms with Crippen LogP contribution in [0, 0.1) is 0 Å². The van der Waals surface area contributed by atoms with Gasteiger partial charge in [0.1, 0.15) is 0 Å². The zero-order valence-corrected chi connectivity index (χ0v) is 23.5. The van der Waals surface area contributed by atoms with Gasteiger partial charge in [0.05, 0.1) is 22.2 Å². The predicted molar refractivity (Wildman–Crippen MR) is 148 cm³/mol. The molecule has 0 saturated heterocycles. The van der Waals surface area contributed by atoms with Crippen molar-refractivity contribution in [2.24, 2.45) is 0 Å². The van der Waals surface area contributed by atoms with Crippen LogP contribution in [0.15, 0.2) is 18.2 Å². The van der Waals surface area contributed by atoms with E-state index < -0.39 is 27.1 Å². The summed E-state index contributed by atoms with van der Waals surface area (Å²) in [5.41, 5.74) is 0.462. The molecule has 0 fully saturated rings. The van der Waals surface area contributed by atoms with Gasteiger partial charge in [-0.15, -0.1) is 11.6 Å². The zero-order valence-electron chi connectivity index (χ0n) is 21.2. The van der Waals surface area contributed by atoms with Crippen LogP contribution in [0.4, 0.5) is 11.4 Å². The van der Waals surface area contributed by atoms with Crippen molar-refractivity contribution in [3.8, 4) is 0 Å². The van der Waals surface area contributed by atoms with Crippen LogP contribution in [-0.2, 0) is 19.6 Å². The summed E-state index contributed by atoms with van der Waals surface area (Å²) in [5, 5.41) is 1.32. The van der Waals surface area contributed by atoms with Crippen molar-refractivity contribution in [3.05, 3.63) is 23.2 Å². The number of hydrogen-bond donors (Lipinski definition) is 2. The molecule has 0 aliphatic heterocycles. The van der Waals surface area contributed by atoms with E-state index in [9.17, 15) is 18.0 Å². The number of carbonyl (C=O) groups is 2. The molecule has 1 aromatic carbocycles. The maximum atomic E-state index is 12.4.